The minimum Gasteiger partial charge on any atom is -0.488 e. The van der Waals surface area contributed by atoms with Crippen LogP contribution >= 0.6 is 0 Å². The molecule has 0 bridgehead atoms. The van der Waals surface area contributed by atoms with E-state index in [1.54, 1.807) is 0 Å². The molecule has 0 saturated carbocycles. The number of hydrogen-bond donors (Lipinski definition) is 1. The number of aromatic amines is 1. The fourth-order valence-corrected chi connectivity index (χ4v) is 5.23. The Kier molecular flexibility index (Phi) is 5.59. The molecule has 8 heteroatoms. The van der Waals surface area contributed by atoms with Gasteiger partial charge in [-0.05, 0) is 50.6 Å². The summed E-state index contributed by atoms with van der Waals surface area (Å²) < 4.78 is 5.87. The van der Waals surface area contributed by atoms with E-state index in [0.717, 1.165) is 68.7 Å². The molecule has 36 heavy (non-hydrogen) atoms. The summed E-state index contributed by atoms with van der Waals surface area (Å²) in [4.78, 5) is 34.9. The molecule has 0 atom stereocenters. The lowest BCUT2D eigenvalue weighted by Crippen LogP contribution is -2.37. The standard InChI is InChI=1S/C28H30N6O2/c1-17-4-6-23-21(8-11-29-23)25(17)26-31-19(3)22(27(32-26)33-12-9-20(35)10-13-33)16-34-14-15-36-24-7-5-18(2)30-28(24)34/h4-8,11,29H,9-10,12-16H2,1-3H3. The van der Waals surface area contributed by atoms with Crippen LogP contribution in [0.15, 0.2) is 36.5 Å². The van der Waals surface area contributed by atoms with Crippen molar-refractivity contribution in [3.8, 4) is 17.1 Å². The molecule has 4 aromatic rings. The Morgan fingerprint density at radius 2 is 1.78 bits per heavy atom. The van der Waals surface area contributed by atoms with Gasteiger partial charge in [-0.3, -0.25) is 4.79 Å². The van der Waals surface area contributed by atoms with Crippen LogP contribution in [-0.2, 0) is 11.3 Å². The number of nitrogens with zero attached hydrogens (tertiary/aromatic N) is 5. The number of rotatable bonds is 4. The van der Waals surface area contributed by atoms with Crippen molar-refractivity contribution in [1.82, 2.24) is 19.9 Å². The number of ether oxygens (including phenoxy) is 1. The largest absolute Gasteiger partial charge is 0.488 e. The van der Waals surface area contributed by atoms with Crippen molar-refractivity contribution < 1.29 is 9.53 Å². The zero-order chi connectivity index (χ0) is 24.8. The third-order valence-corrected chi connectivity index (χ3v) is 7.22. The fraction of sp³-hybridized carbons (Fsp3) is 0.357. The molecule has 1 aromatic carbocycles. The Morgan fingerprint density at radius 1 is 0.944 bits per heavy atom. The molecule has 1 N–H and O–H groups in total. The SMILES string of the molecule is Cc1ccc2c(n1)N(Cc1c(C)nc(-c3c(C)ccc4[nH]ccc34)nc1N1CCC(=O)CC1)CCO2. The summed E-state index contributed by atoms with van der Waals surface area (Å²) >= 11 is 0. The highest BCUT2D eigenvalue weighted by Crippen LogP contribution is 2.36. The second-order valence-corrected chi connectivity index (χ2v) is 9.70. The van der Waals surface area contributed by atoms with Crippen molar-refractivity contribution in [3.05, 3.63) is 59.0 Å². The van der Waals surface area contributed by atoms with E-state index in [9.17, 15) is 4.79 Å². The summed E-state index contributed by atoms with van der Waals surface area (Å²) in [6.45, 7) is 9.49. The summed E-state index contributed by atoms with van der Waals surface area (Å²) in [6, 6.07) is 10.3. The number of aromatic nitrogens is 4. The number of carbonyl (C=O) groups excluding carboxylic acids is 1. The minimum absolute atomic E-state index is 0.313. The molecule has 0 aliphatic carbocycles. The normalized spacial score (nSPS) is 15.8. The van der Waals surface area contributed by atoms with Crippen molar-refractivity contribution >= 4 is 28.3 Å². The third kappa shape index (κ3) is 3.96. The van der Waals surface area contributed by atoms with Gasteiger partial charge in [0.1, 0.15) is 18.2 Å². The lowest BCUT2D eigenvalue weighted by atomic mass is 10.0. The van der Waals surface area contributed by atoms with E-state index in [0.29, 0.717) is 44.9 Å². The van der Waals surface area contributed by atoms with E-state index in [4.69, 9.17) is 19.7 Å². The lowest BCUT2D eigenvalue weighted by molar-refractivity contribution is -0.119. The zero-order valence-electron chi connectivity index (χ0n) is 21.0. The average molecular weight is 483 g/mol. The summed E-state index contributed by atoms with van der Waals surface area (Å²) in [7, 11) is 0. The Hall–Kier alpha value is -3.94. The summed E-state index contributed by atoms with van der Waals surface area (Å²) in [5.41, 5.74) is 6.22. The van der Waals surface area contributed by atoms with Gasteiger partial charge in [0.15, 0.2) is 17.4 Å². The Morgan fingerprint density at radius 3 is 2.61 bits per heavy atom. The maximum atomic E-state index is 12.0. The predicted octanol–water partition coefficient (Wildman–Crippen LogP) is 4.51. The van der Waals surface area contributed by atoms with E-state index in [-0.39, 0.29) is 0 Å². The molecule has 0 radical (unpaired) electrons. The van der Waals surface area contributed by atoms with Crippen LogP contribution in [0.5, 0.6) is 5.75 Å². The number of piperidine rings is 1. The van der Waals surface area contributed by atoms with Gasteiger partial charge in [-0.1, -0.05) is 6.07 Å². The van der Waals surface area contributed by atoms with Crippen molar-refractivity contribution in [1.29, 1.82) is 0 Å². The highest BCUT2D eigenvalue weighted by molar-refractivity contribution is 5.95. The van der Waals surface area contributed by atoms with E-state index < -0.39 is 0 Å². The number of nitrogens with one attached hydrogen (secondary N) is 1. The fourth-order valence-electron chi connectivity index (χ4n) is 5.23. The zero-order valence-corrected chi connectivity index (χ0v) is 21.0. The number of ketones is 1. The molecule has 0 unspecified atom stereocenters. The number of H-pyrrole nitrogens is 1. The van der Waals surface area contributed by atoms with Crippen LogP contribution < -0.4 is 14.5 Å². The number of hydrogen-bond acceptors (Lipinski definition) is 7. The maximum Gasteiger partial charge on any atom is 0.172 e. The van der Waals surface area contributed by atoms with Crippen LogP contribution in [0.2, 0.25) is 0 Å². The first-order valence-corrected chi connectivity index (χ1v) is 12.5. The van der Waals surface area contributed by atoms with Crippen LogP contribution in [-0.4, -0.2) is 52.0 Å². The van der Waals surface area contributed by atoms with E-state index in [1.165, 1.54) is 0 Å². The molecule has 6 rings (SSSR count). The molecule has 1 saturated heterocycles. The smallest absolute Gasteiger partial charge is 0.172 e. The van der Waals surface area contributed by atoms with Gasteiger partial charge in [0.05, 0.1) is 13.1 Å². The summed E-state index contributed by atoms with van der Waals surface area (Å²) in [5.74, 6) is 3.62. The Balaban J connectivity index is 1.47. The van der Waals surface area contributed by atoms with Crippen molar-refractivity contribution in [3.63, 3.8) is 0 Å². The number of aryl methyl sites for hydroxylation is 3. The van der Waals surface area contributed by atoms with Gasteiger partial charge in [-0.15, -0.1) is 0 Å². The van der Waals surface area contributed by atoms with Crippen LogP contribution in [0.4, 0.5) is 11.6 Å². The van der Waals surface area contributed by atoms with Gasteiger partial charge in [0, 0.05) is 65.5 Å². The van der Waals surface area contributed by atoms with Gasteiger partial charge >= 0.3 is 0 Å². The van der Waals surface area contributed by atoms with Crippen LogP contribution in [0, 0.1) is 20.8 Å². The first kappa shape index (κ1) is 22.5. The maximum absolute atomic E-state index is 12.0. The number of pyridine rings is 1. The molecular weight excluding hydrogens is 452 g/mol. The van der Waals surface area contributed by atoms with Gasteiger partial charge < -0.3 is 19.5 Å². The molecule has 8 nitrogen and oxygen atoms in total. The number of anilines is 2. The van der Waals surface area contributed by atoms with Gasteiger partial charge in [0.25, 0.3) is 0 Å². The quantitative estimate of drug-likeness (QED) is 0.458. The highest BCUT2D eigenvalue weighted by atomic mass is 16.5. The first-order chi connectivity index (χ1) is 17.5. The van der Waals surface area contributed by atoms with E-state index in [2.05, 4.69) is 46.8 Å². The third-order valence-electron chi connectivity index (χ3n) is 7.22. The average Bonchev–Trinajstić information content (AvgIpc) is 3.35. The molecule has 1 fully saturated rings. The van der Waals surface area contributed by atoms with Crippen LogP contribution in [0.3, 0.4) is 0 Å². The monoisotopic (exact) mass is 482 g/mol. The predicted molar refractivity (Wildman–Crippen MR) is 141 cm³/mol. The van der Waals surface area contributed by atoms with Gasteiger partial charge in [-0.25, -0.2) is 15.0 Å². The second-order valence-electron chi connectivity index (χ2n) is 9.70. The molecule has 2 aliphatic rings. The number of carbonyl (C=O) groups is 1. The summed E-state index contributed by atoms with van der Waals surface area (Å²) in [5, 5.41) is 1.11. The molecule has 2 aliphatic heterocycles. The van der Waals surface area contributed by atoms with Gasteiger partial charge in [-0.2, -0.15) is 0 Å². The van der Waals surface area contributed by atoms with Gasteiger partial charge in [0.2, 0.25) is 0 Å². The molecule has 5 heterocycles. The number of fused-ring (bicyclic) bond motifs is 2. The molecule has 184 valence electrons. The van der Waals surface area contributed by atoms with Crippen LogP contribution in [0.1, 0.15) is 35.4 Å². The van der Waals surface area contributed by atoms with Crippen molar-refractivity contribution in [2.24, 2.45) is 0 Å². The summed E-state index contributed by atoms with van der Waals surface area (Å²) in [6.07, 6.45) is 3.05. The number of Topliss-reactive ketones (excluding diaryl/α,β-unsaturated/α-hetero) is 1. The highest BCUT2D eigenvalue weighted by Gasteiger charge is 2.27. The van der Waals surface area contributed by atoms with Crippen molar-refractivity contribution in [2.75, 3.05) is 36.0 Å². The van der Waals surface area contributed by atoms with E-state index >= 15 is 0 Å². The molecular formula is C28H30N6O2. The topological polar surface area (TPSA) is 87.2 Å². The number of benzene rings is 1. The molecule has 0 spiro atoms. The molecule has 0 amide bonds. The Bertz CT molecular complexity index is 1470. The van der Waals surface area contributed by atoms with E-state index in [1.807, 2.05) is 25.3 Å². The lowest BCUT2D eigenvalue weighted by Gasteiger charge is -2.34. The first-order valence-electron chi connectivity index (χ1n) is 12.5. The van der Waals surface area contributed by atoms with Crippen LogP contribution in [0.25, 0.3) is 22.3 Å². The molecule has 3 aromatic heterocycles. The second kappa shape index (κ2) is 8.93. The minimum atomic E-state index is 0.313. The Labute approximate surface area is 210 Å². The van der Waals surface area contributed by atoms with Crippen molar-refractivity contribution in [2.45, 2.75) is 40.2 Å².